The van der Waals surface area contributed by atoms with Gasteiger partial charge >= 0.3 is 6.09 Å². The molecule has 2 amide bonds. The van der Waals surface area contributed by atoms with E-state index in [-0.39, 0.29) is 12.5 Å². The monoisotopic (exact) mass is 367 g/mol. The highest BCUT2D eigenvalue weighted by molar-refractivity contribution is 6.30. The lowest BCUT2D eigenvalue weighted by Crippen LogP contribution is -2.49. The Labute approximate surface area is 154 Å². The van der Waals surface area contributed by atoms with Crippen molar-refractivity contribution in [2.24, 2.45) is 0 Å². The van der Waals surface area contributed by atoms with Gasteiger partial charge in [0.25, 0.3) is 5.91 Å². The van der Waals surface area contributed by atoms with Gasteiger partial charge in [-0.1, -0.05) is 23.7 Å². The molecular weight excluding hydrogens is 342 g/mol. The average molecular weight is 368 g/mol. The van der Waals surface area contributed by atoms with E-state index in [0.717, 1.165) is 43.9 Å². The van der Waals surface area contributed by atoms with Crippen LogP contribution in [-0.2, 0) is 16.0 Å². The molecule has 1 fully saturated rings. The van der Waals surface area contributed by atoms with Crippen molar-refractivity contribution >= 4 is 23.6 Å². The number of amides is 2. The molecule has 0 unspecified atom stereocenters. The SMILES string of the molecule is CNC(=O)COC(=O)N1CCN(CCCCc2ccc(Cl)cc2)CC1. The summed E-state index contributed by atoms with van der Waals surface area (Å²) in [4.78, 5) is 27.0. The third kappa shape index (κ3) is 6.92. The third-order valence-electron chi connectivity index (χ3n) is 4.34. The molecule has 1 N–H and O–H groups in total. The third-order valence-corrected chi connectivity index (χ3v) is 4.59. The van der Waals surface area contributed by atoms with Gasteiger partial charge < -0.3 is 15.0 Å². The summed E-state index contributed by atoms with van der Waals surface area (Å²) in [5.41, 5.74) is 1.31. The van der Waals surface area contributed by atoms with Crippen molar-refractivity contribution in [3.8, 4) is 0 Å². The highest BCUT2D eigenvalue weighted by Gasteiger charge is 2.22. The van der Waals surface area contributed by atoms with Gasteiger partial charge in [0.1, 0.15) is 0 Å². The van der Waals surface area contributed by atoms with Crippen molar-refractivity contribution < 1.29 is 14.3 Å². The first-order valence-corrected chi connectivity index (χ1v) is 9.05. The molecular formula is C18H26ClN3O3. The summed E-state index contributed by atoms with van der Waals surface area (Å²) in [5.74, 6) is -0.298. The Bertz CT molecular complexity index is 557. The van der Waals surface area contributed by atoms with Crippen molar-refractivity contribution in [2.75, 3.05) is 46.4 Å². The second-order valence-electron chi connectivity index (χ2n) is 6.14. The number of benzene rings is 1. The van der Waals surface area contributed by atoms with E-state index in [1.54, 1.807) is 4.90 Å². The first-order chi connectivity index (χ1) is 12.1. The van der Waals surface area contributed by atoms with Crippen LogP contribution in [0.5, 0.6) is 0 Å². The molecule has 6 nitrogen and oxygen atoms in total. The zero-order valence-electron chi connectivity index (χ0n) is 14.7. The first kappa shape index (κ1) is 19.5. The Hall–Kier alpha value is -1.79. The number of hydrogen-bond acceptors (Lipinski definition) is 4. The van der Waals surface area contributed by atoms with Crippen molar-refractivity contribution in [3.05, 3.63) is 34.9 Å². The van der Waals surface area contributed by atoms with Gasteiger partial charge in [-0.3, -0.25) is 9.69 Å². The van der Waals surface area contributed by atoms with Gasteiger partial charge in [0.05, 0.1) is 0 Å². The highest BCUT2D eigenvalue weighted by atomic mass is 35.5. The Morgan fingerprint density at radius 3 is 2.44 bits per heavy atom. The molecule has 0 atom stereocenters. The zero-order chi connectivity index (χ0) is 18.1. The van der Waals surface area contributed by atoms with E-state index in [1.165, 1.54) is 12.6 Å². The van der Waals surface area contributed by atoms with Crippen LogP contribution in [0.4, 0.5) is 4.79 Å². The van der Waals surface area contributed by atoms with Crippen molar-refractivity contribution in [3.63, 3.8) is 0 Å². The van der Waals surface area contributed by atoms with Crippen molar-refractivity contribution in [1.29, 1.82) is 0 Å². The normalized spacial score (nSPS) is 15.0. The Morgan fingerprint density at radius 1 is 1.12 bits per heavy atom. The topological polar surface area (TPSA) is 61.9 Å². The summed E-state index contributed by atoms with van der Waals surface area (Å²) < 4.78 is 4.97. The Balaban J connectivity index is 1.58. The molecule has 0 bridgehead atoms. The number of piperazine rings is 1. The van der Waals surface area contributed by atoms with Crippen molar-refractivity contribution in [1.82, 2.24) is 15.1 Å². The highest BCUT2D eigenvalue weighted by Crippen LogP contribution is 2.12. The van der Waals surface area contributed by atoms with E-state index >= 15 is 0 Å². The molecule has 25 heavy (non-hydrogen) atoms. The number of rotatable bonds is 7. The summed E-state index contributed by atoms with van der Waals surface area (Å²) in [7, 11) is 1.52. The number of halogens is 1. The number of carbonyl (C=O) groups excluding carboxylic acids is 2. The molecule has 1 saturated heterocycles. The molecule has 1 aliphatic rings. The minimum atomic E-state index is -0.411. The van der Waals surface area contributed by atoms with Gasteiger partial charge in [0, 0.05) is 38.2 Å². The molecule has 0 aromatic heterocycles. The van der Waals surface area contributed by atoms with E-state index in [1.807, 2.05) is 12.1 Å². The number of carbonyl (C=O) groups is 2. The van der Waals surface area contributed by atoms with E-state index in [2.05, 4.69) is 22.3 Å². The van der Waals surface area contributed by atoms with E-state index in [9.17, 15) is 9.59 Å². The van der Waals surface area contributed by atoms with Crippen LogP contribution in [0.2, 0.25) is 5.02 Å². The quantitative estimate of drug-likeness (QED) is 0.750. The maximum Gasteiger partial charge on any atom is 0.410 e. The summed E-state index contributed by atoms with van der Waals surface area (Å²) in [6, 6.07) is 8.01. The molecule has 0 saturated carbocycles. The lowest BCUT2D eigenvalue weighted by atomic mass is 10.1. The zero-order valence-corrected chi connectivity index (χ0v) is 15.4. The fraction of sp³-hybridized carbons (Fsp3) is 0.556. The predicted octanol–water partition coefficient (Wildman–Crippen LogP) is 2.16. The van der Waals surface area contributed by atoms with Crippen molar-refractivity contribution in [2.45, 2.75) is 19.3 Å². The number of aryl methyl sites for hydroxylation is 1. The summed E-state index contributed by atoms with van der Waals surface area (Å²) in [6.45, 7) is 3.79. The average Bonchev–Trinajstić information content (AvgIpc) is 2.65. The molecule has 1 aromatic rings. The maximum absolute atomic E-state index is 11.9. The molecule has 138 valence electrons. The number of nitrogens with zero attached hydrogens (tertiary/aromatic N) is 2. The lowest BCUT2D eigenvalue weighted by molar-refractivity contribution is -0.123. The predicted molar refractivity (Wildman–Crippen MR) is 97.8 cm³/mol. The number of unbranched alkanes of at least 4 members (excludes halogenated alkanes) is 1. The molecule has 1 aliphatic heterocycles. The maximum atomic E-state index is 11.9. The standard InChI is InChI=1S/C18H26ClN3O3/c1-20-17(23)14-25-18(24)22-12-10-21(11-13-22)9-3-2-4-15-5-7-16(19)8-6-15/h5-8H,2-4,9-14H2,1H3,(H,20,23). The van der Waals surface area contributed by atoms with Crippen LogP contribution >= 0.6 is 11.6 Å². The van der Waals surface area contributed by atoms with Gasteiger partial charge in [-0.2, -0.15) is 0 Å². The molecule has 1 aromatic carbocycles. The van der Waals surface area contributed by atoms with Crippen LogP contribution in [0.15, 0.2) is 24.3 Å². The first-order valence-electron chi connectivity index (χ1n) is 8.67. The van der Waals surface area contributed by atoms with E-state index in [0.29, 0.717) is 13.1 Å². The second-order valence-corrected chi connectivity index (χ2v) is 6.58. The fourth-order valence-electron chi connectivity index (χ4n) is 2.76. The molecule has 0 radical (unpaired) electrons. The fourth-order valence-corrected chi connectivity index (χ4v) is 2.89. The van der Waals surface area contributed by atoms with Crippen LogP contribution < -0.4 is 5.32 Å². The smallest absolute Gasteiger partial charge is 0.410 e. The summed E-state index contributed by atoms with van der Waals surface area (Å²) in [5, 5.41) is 3.20. The lowest BCUT2D eigenvalue weighted by Gasteiger charge is -2.34. The van der Waals surface area contributed by atoms with Crippen LogP contribution in [0.3, 0.4) is 0 Å². The largest absolute Gasteiger partial charge is 0.439 e. The van der Waals surface area contributed by atoms with Gasteiger partial charge in [-0.25, -0.2) is 4.79 Å². The van der Waals surface area contributed by atoms with Gasteiger partial charge in [-0.15, -0.1) is 0 Å². The minimum absolute atomic E-state index is 0.222. The number of ether oxygens (including phenoxy) is 1. The molecule has 0 aliphatic carbocycles. The Kier molecular flexibility index (Phi) is 8.01. The molecule has 7 heteroatoms. The second kappa shape index (κ2) is 10.3. The molecule has 2 rings (SSSR count). The minimum Gasteiger partial charge on any atom is -0.439 e. The van der Waals surface area contributed by atoms with E-state index < -0.39 is 6.09 Å². The summed E-state index contributed by atoms with van der Waals surface area (Å²) >= 11 is 5.89. The number of hydrogen-bond donors (Lipinski definition) is 1. The number of likely N-dealkylation sites (N-methyl/N-ethyl adjacent to an activating group) is 1. The van der Waals surface area contributed by atoms with Gasteiger partial charge in [0.15, 0.2) is 6.61 Å². The summed E-state index contributed by atoms with van der Waals surface area (Å²) in [6.07, 6.45) is 2.91. The molecule has 1 heterocycles. The Morgan fingerprint density at radius 2 is 1.80 bits per heavy atom. The number of nitrogens with one attached hydrogen (secondary N) is 1. The van der Waals surface area contributed by atoms with Crippen LogP contribution in [-0.4, -0.2) is 68.2 Å². The van der Waals surface area contributed by atoms with Crippen LogP contribution in [0, 0.1) is 0 Å². The molecule has 0 spiro atoms. The van der Waals surface area contributed by atoms with Crippen LogP contribution in [0.25, 0.3) is 0 Å². The van der Waals surface area contributed by atoms with Crippen LogP contribution in [0.1, 0.15) is 18.4 Å². The van der Waals surface area contributed by atoms with Gasteiger partial charge in [0.2, 0.25) is 0 Å². The van der Waals surface area contributed by atoms with E-state index in [4.69, 9.17) is 16.3 Å². The van der Waals surface area contributed by atoms with Gasteiger partial charge in [-0.05, 0) is 43.5 Å².